The molecule has 3 aromatic carbocycles. The Hall–Kier alpha value is -4.38. The quantitative estimate of drug-likeness (QED) is 0.311. The molecule has 10 nitrogen and oxygen atoms in total. The van der Waals surface area contributed by atoms with Crippen LogP contribution >= 0.6 is 0 Å². The number of halogens is 2. The summed E-state index contributed by atoms with van der Waals surface area (Å²) in [5.41, 5.74) is 2.18. The Bertz CT molecular complexity index is 1880. The van der Waals surface area contributed by atoms with Crippen LogP contribution in [0.2, 0.25) is 0 Å². The Morgan fingerprint density at radius 3 is 2.49 bits per heavy atom. The monoisotopic (exact) mass is 631 g/mol. The van der Waals surface area contributed by atoms with Crippen molar-refractivity contribution in [3.8, 4) is 23.3 Å². The van der Waals surface area contributed by atoms with Crippen molar-refractivity contribution < 1.29 is 17.7 Å². The molecule has 3 saturated heterocycles. The number of alkyl halides is 1. The Morgan fingerprint density at radius 1 is 1.07 bits per heavy atom. The first-order chi connectivity index (χ1) is 21.8. The molecule has 0 saturated carbocycles. The fourth-order valence-corrected chi connectivity index (χ4v) is 7.27. The van der Waals surface area contributed by atoms with Crippen LogP contribution in [0.5, 0.6) is 11.5 Å². The number of ether oxygens (including phenoxy) is 1. The highest BCUT2D eigenvalue weighted by atomic mass is 32.2. The zero-order valence-corrected chi connectivity index (χ0v) is 25.2. The van der Waals surface area contributed by atoms with Gasteiger partial charge in [-0.1, -0.05) is 0 Å². The molecule has 4 heterocycles. The summed E-state index contributed by atoms with van der Waals surface area (Å²) in [5, 5.41) is 13.5. The van der Waals surface area contributed by atoms with E-state index in [9.17, 15) is 23.0 Å². The first-order valence-electron chi connectivity index (χ1n) is 14.9. The predicted octanol–water partition coefficient (Wildman–Crippen LogP) is 4.41. The number of nitriles is 1. The highest BCUT2D eigenvalue weighted by molar-refractivity contribution is 7.84. The molecule has 4 aromatic rings. The molecule has 2 N–H and O–H groups in total. The molecule has 2 atom stereocenters. The van der Waals surface area contributed by atoms with E-state index in [0.29, 0.717) is 16.6 Å². The lowest BCUT2D eigenvalue weighted by molar-refractivity contribution is 0.126. The minimum absolute atomic E-state index is 0.00401. The highest BCUT2D eigenvalue weighted by Gasteiger charge is 2.39. The molecule has 13 heteroatoms. The van der Waals surface area contributed by atoms with Crippen LogP contribution in [-0.2, 0) is 11.2 Å². The van der Waals surface area contributed by atoms with Gasteiger partial charge in [0.25, 0.3) is 5.56 Å². The number of piperidine rings is 1. The van der Waals surface area contributed by atoms with Crippen molar-refractivity contribution in [2.75, 3.05) is 48.9 Å². The fraction of sp³-hybridized carbons (Fsp3) is 0.344. The first kappa shape index (κ1) is 29.3. The van der Waals surface area contributed by atoms with Gasteiger partial charge in [0, 0.05) is 45.0 Å². The summed E-state index contributed by atoms with van der Waals surface area (Å²) in [6.07, 6.45) is 2.99. The van der Waals surface area contributed by atoms with Crippen molar-refractivity contribution in [2.45, 2.75) is 25.4 Å². The van der Waals surface area contributed by atoms with Crippen molar-refractivity contribution in [2.24, 2.45) is 5.41 Å². The zero-order chi connectivity index (χ0) is 31.1. The molecule has 3 aliphatic heterocycles. The van der Waals surface area contributed by atoms with E-state index in [0.717, 1.165) is 37.9 Å². The predicted molar refractivity (Wildman–Crippen MR) is 168 cm³/mol. The number of nitrogens with one attached hydrogen (secondary N) is 2. The lowest BCUT2D eigenvalue weighted by atomic mass is 9.73. The second kappa shape index (κ2) is 11.8. The van der Waals surface area contributed by atoms with Gasteiger partial charge < -0.3 is 15.0 Å². The Kier molecular flexibility index (Phi) is 7.72. The summed E-state index contributed by atoms with van der Waals surface area (Å²) >= 11 is -1.83. The van der Waals surface area contributed by atoms with Crippen LogP contribution in [0.4, 0.5) is 20.2 Å². The Balaban J connectivity index is 1.12. The minimum atomic E-state index is -1.83. The first-order valence-corrected chi connectivity index (χ1v) is 16.0. The fourth-order valence-electron chi connectivity index (χ4n) is 6.21. The van der Waals surface area contributed by atoms with Crippen LogP contribution in [0.1, 0.15) is 24.8 Å². The van der Waals surface area contributed by atoms with Crippen LogP contribution in [-0.4, -0.2) is 63.5 Å². The molecule has 3 aliphatic rings. The van der Waals surface area contributed by atoms with Crippen molar-refractivity contribution in [1.29, 1.82) is 5.26 Å². The molecule has 0 amide bonds. The summed E-state index contributed by atoms with van der Waals surface area (Å²) < 4.78 is 52.6. The number of fused-ring (bicyclic) bond motifs is 1. The molecule has 1 unspecified atom stereocenters. The molecule has 3 fully saturated rings. The van der Waals surface area contributed by atoms with Crippen molar-refractivity contribution in [3.05, 3.63) is 82.7 Å². The third-order valence-corrected chi connectivity index (χ3v) is 10.2. The SMILES string of the molecule is N#Cc1c(NS(=O)N2CC[C@@H](F)C2)ccc(F)c1Oc1ccc2ncn(-c3ccc(N4CCC5(CC4)CNC5)cc3)c(=O)c2c1. The lowest BCUT2D eigenvalue weighted by Gasteiger charge is -2.49. The number of benzene rings is 3. The maximum atomic E-state index is 15.0. The van der Waals surface area contributed by atoms with Gasteiger partial charge in [0.2, 0.25) is 0 Å². The number of hydrogen-bond donors (Lipinski definition) is 2. The smallest absolute Gasteiger partial charge is 0.265 e. The van der Waals surface area contributed by atoms with E-state index in [1.54, 1.807) is 6.07 Å². The van der Waals surface area contributed by atoms with Gasteiger partial charge in [-0.25, -0.2) is 22.3 Å². The second-order valence-corrected chi connectivity index (χ2v) is 13.1. The molecule has 7 rings (SSSR count). The Morgan fingerprint density at radius 2 is 1.82 bits per heavy atom. The van der Waals surface area contributed by atoms with Gasteiger partial charge in [-0.2, -0.15) is 5.26 Å². The summed E-state index contributed by atoms with van der Waals surface area (Å²) in [7, 11) is 0. The zero-order valence-electron chi connectivity index (χ0n) is 24.3. The average Bonchev–Trinajstić information content (AvgIpc) is 3.49. The normalized spacial score (nSPS) is 20.1. The third-order valence-electron chi connectivity index (χ3n) is 9.01. The summed E-state index contributed by atoms with van der Waals surface area (Å²) in [4.78, 5) is 20.4. The van der Waals surface area contributed by atoms with Crippen LogP contribution in [0.3, 0.4) is 0 Å². The van der Waals surface area contributed by atoms with E-state index in [4.69, 9.17) is 4.74 Å². The summed E-state index contributed by atoms with van der Waals surface area (Å²) in [6.45, 7) is 4.50. The van der Waals surface area contributed by atoms with Gasteiger partial charge in [-0.3, -0.25) is 14.1 Å². The molecule has 1 aromatic heterocycles. The number of aromatic nitrogens is 2. The molecule has 0 bridgehead atoms. The van der Waals surface area contributed by atoms with Gasteiger partial charge in [-0.15, -0.1) is 0 Å². The molecule has 45 heavy (non-hydrogen) atoms. The number of hydrogen-bond acceptors (Lipinski definition) is 7. The standard InChI is InChI=1S/C32H31F2N7O3S/c33-21-9-12-40(17-21)45(43)38-29-8-6-27(34)30(26(29)16-35)44-24-5-7-28-25(15-24)31(42)41(20-37-28)23-3-1-22(2-4-23)39-13-10-32(11-14-39)18-36-19-32/h1-8,15,20-21,36,38H,9-14,17-19H2/t21-,45?/m1/s1. The topological polar surface area (TPSA) is 116 Å². The maximum Gasteiger partial charge on any atom is 0.265 e. The highest BCUT2D eigenvalue weighted by Crippen LogP contribution is 2.37. The summed E-state index contributed by atoms with van der Waals surface area (Å²) in [6, 6.07) is 16.7. The number of anilines is 2. The van der Waals surface area contributed by atoms with Crippen molar-refractivity contribution in [1.82, 2.24) is 19.2 Å². The third kappa shape index (κ3) is 5.65. The lowest BCUT2D eigenvalue weighted by Crippen LogP contribution is -2.58. The van der Waals surface area contributed by atoms with E-state index in [2.05, 4.69) is 19.9 Å². The van der Waals surface area contributed by atoms with E-state index >= 15 is 0 Å². The molecular weight excluding hydrogens is 600 g/mol. The molecular formula is C32H31F2N7O3S. The maximum absolute atomic E-state index is 15.0. The van der Waals surface area contributed by atoms with Gasteiger partial charge >= 0.3 is 0 Å². The van der Waals surface area contributed by atoms with Crippen molar-refractivity contribution in [3.63, 3.8) is 0 Å². The van der Waals surface area contributed by atoms with Gasteiger partial charge in [0.15, 0.2) is 22.7 Å². The van der Waals surface area contributed by atoms with Gasteiger partial charge in [-0.05, 0) is 79.3 Å². The van der Waals surface area contributed by atoms with Crippen molar-refractivity contribution >= 4 is 33.4 Å². The van der Waals surface area contributed by atoms with Gasteiger partial charge in [0.1, 0.15) is 29.9 Å². The molecule has 0 radical (unpaired) electrons. The van der Waals surface area contributed by atoms with E-state index in [1.807, 2.05) is 30.3 Å². The van der Waals surface area contributed by atoms with Gasteiger partial charge in [0.05, 0.1) is 22.3 Å². The van der Waals surface area contributed by atoms with E-state index in [-0.39, 0.29) is 53.2 Å². The summed E-state index contributed by atoms with van der Waals surface area (Å²) in [5.74, 6) is -1.09. The van der Waals surface area contributed by atoms with E-state index < -0.39 is 23.2 Å². The number of rotatable bonds is 7. The largest absolute Gasteiger partial charge is 0.453 e. The number of nitrogens with zero attached hydrogens (tertiary/aromatic N) is 5. The van der Waals surface area contributed by atoms with Crippen LogP contribution in [0.25, 0.3) is 16.6 Å². The van der Waals surface area contributed by atoms with E-state index in [1.165, 1.54) is 46.2 Å². The average molecular weight is 632 g/mol. The van der Waals surface area contributed by atoms with Crippen LogP contribution in [0, 0.1) is 22.6 Å². The molecule has 232 valence electrons. The minimum Gasteiger partial charge on any atom is -0.453 e. The second-order valence-electron chi connectivity index (χ2n) is 11.8. The van der Waals surface area contributed by atoms with Crippen LogP contribution in [0.15, 0.2) is 65.7 Å². The molecule has 1 spiro atoms. The molecule has 0 aliphatic carbocycles. The Labute approximate surface area is 261 Å². The van der Waals surface area contributed by atoms with Crippen LogP contribution < -0.4 is 25.2 Å².